The van der Waals surface area contributed by atoms with Crippen molar-refractivity contribution in [2.45, 2.75) is 25.2 Å². The van der Waals surface area contributed by atoms with Gasteiger partial charge in [0.2, 0.25) is 5.91 Å². The van der Waals surface area contributed by atoms with Gasteiger partial charge in [0.05, 0.1) is 0 Å². The van der Waals surface area contributed by atoms with Crippen LogP contribution in [0.3, 0.4) is 0 Å². The van der Waals surface area contributed by atoms with E-state index in [0.29, 0.717) is 26.1 Å². The van der Waals surface area contributed by atoms with Crippen LogP contribution < -0.4 is 5.73 Å². The van der Waals surface area contributed by atoms with Gasteiger partial charge in [0.15, 0.2) is 0 Å². The number of fused-ring (bicyclic) bond motifs is 3. The van der Waals surface area contributed by atoms with Gasteiger partial charge in [-0.15, -0.1) is 0 Å². The minimum Gasteiger partial charge on any atom is -0.448 e. The number of rotatable bonds is 4. The van der Waals surface area contributed by atoms with Gasteiger partial charge in [0.25, 0.3) is 0 Å². The first-order valence-corrected chi connectivity index (χ1v) is 9.51. The summed E-state index contributed by atoms with van der Waals surface area (Å²) < 4.78 is 5.69. The molecule has 0 unspecified atom stereocenters. The lowest BCUT2D eigenvalue weighted by atomic mass is 9.93. The van der Waals surface area contributed by atoms with Crippen molar-refractivity contribution < 1.29 is 14.3 Å². The molecule has 0 aromatic heterocycles. The Bertz CT molecular complexity index is 811. The highest BCUT2D eigenvalue weighted by Crippen LogP contribution is 2.44. The molecule has 1 aliphatic heterocycles. The van der Waals surface area contributed by atoms with Crippen LogP contribution in [0, 0.1) is 5.92 Å². The molecule has 4 rings (SSSR count). The molecule has 0 radical (unpaired) electrons. The summed E-state index contributed by atoms with van der Waals surface area (Å²) in [4.78, 5) is 25.3. The van der Waals surface area contributed by atoms with Crippen LogP contribution in [0.1, 0.15) is 36.3 Å². The SMILES string of the molecule is NC(=O)CC1CCN(C(=O)OCC2c3ccccc3-c3ccccc32)CC1. The van der Waals surface area contributed by atoms with E-state index in [1.165, 1.54) is 22.3 Å². The highest BCUT2D eigenvalue weighted by molar-refractivity contribution is 5.79. The molecule has 5 heteroatoms. The number of amides is 2. The lowest BCUT2D eigenvalue weighted by molar-refractivity contribution is -0.119. The van der Waals surface area contributed by atoms with Gasteiger partial charge in [0.1, 0.15) is 6.61 Å². The van der Waals surface area contributed by atoms with E-state index in [-0.39, 0.29) is 23.8 Å². The Hall–Kier alpha value is -2.82. The van der Waals surface area contributed by atoms with Crippen LogP contribution >= 0.6 is 0 Å². The first kappa shape index (κ1) is 17.6. The molecule has 1 heterocycles. The minimum absolute atomic E-state index is 0.0775. The third-order valence-corrected chi connectivity index (χ3v) is 5.70. The summed E-state index contributed by atoms with van der Waals surface area (Å²) >= 11 is 0. The predicted molar refractivity (Wildman–Crippen MR) is 103 cm³/mol. The summed E-state index contributed by atoms with van der Waals surface area (Å²) in [5.74, 6) is 0.0866. The number of nitrogens with two attached hydrogens (primary N) is 1. The second-order valence-electron chi connectivity index (χ2n) is 7.40. The predicted octanol–water partition coefficient (Wildman–Crippen LogP) is 3.52. The summed E-state index contributed by atoms with van der Waals surface area (Å²) in [6.07, 6.45) is 1.73. The van der Waals surface area contributed by atoms with Crippen LogP contribution in [0.2, 0.25) is 0 Å². The van der Waals surface area contributed by atoms with Gasteiger partial charge in [-0.05, 0) is 41.0 Å². The molecule has 1 saturated heterocycles. The minimum atomic E-state index is -0.269. The number of benzene rings is 2. The number of carbonyl (C=O) groups excluding carboxylic acids is 2. The van der Waals surface area contributed by atoms with Crippen molar-refractivity contribution in [2.24, 2.45) is 11.7 Å². The van der Waals surface area contributed by atoms with Crippen molar-refractivity contribution in [1.29, 1.82) is 0 Å². The molecule has 27 heavy (non-hydrogen) atoms. The Labute approximate surface area is 159 Å². The zero-order chi connectivity index (χ0) is 18.8. The van der Waals surface area contributed by atoms with Crippen molar-refractivity contribution in [3.8, 4) is 11.1 Å². The number of carbonyl (C=O) groups is 2. The van der Waals surface area contributed by atoms with Crippen LogP contribution in [0.5, 0.6) is 0 Å². The van der Waals surface area contributed by atoms with Gasteiger partial charge in [-0.3, -0.25) is 4.79 Å². The monoisotopic (exact) mass is 364 g/mol. The number of piperidine rings is 1. The zero-order valence-electron chi connectivity index (χ0n) is 15.3. The lowest BCUT2D eigenvalue weighted by Gasteiger charge is -2.31. The first-order chi connectivity index (χ1) is 13.1. The third kappa shape index (κ3) is 3.54. The summed E-state index contributed by atoms with van der Waals surface area (Å²) in [5.41, 5.74) is 10.1. The van der Waals surface area contributed by atoms with E-state index in [0.717, 1.165) is 12.8 Å². The first-order valence-electron chi connectivity index (χ1n) is 9.51. The van der Waals surface area contributed by atoms with Gasteiger partial charge in [-0.1, -0.05) is 48.5 Å². The molecule has 0 spiro atoms. The van der Waals surface area contributed by atoms with Crippen molar-refractivity contribution in [2.75, 3.05) is 19.7 Å². The van der Waals surface area contributed by atoms with E-state index in [4.69, 9.17) is 10.5 Å². The zero-order valence-corrected chi connectivity index (χ0v) is 15.3. The maximum atomic E-state index is 12.5. The van der Waals surface area contributed by atoms with Gasteiger partial charge < -0.3 is 15.4 Å². The van der Waals surface area contributed by atoms with Crippen molar-refractivity contribution >= 4 is 12.0 Å². The Balaban J connectivity index is 1.39. The fourth-order valence-corrected chi connectivity index (χ4v) is 4.29. The smallest absolute Gasteiger partial charge is 0.409 e. The number of primary amides is 1. The topological polar surface area (TPSA) is 72.6 Å². The molecule has 1 fully saturated rings. The van der Waals surface area contributed by atoms with Crippen molar-refractivity contribution in [1.82, 2.24) is 4.90 Å². The quantitative estimate of drug-likeness (QED) is 0.902. The molecule has 0 atom stereocenters. The van der Waals surface area contributed by atoms with Crippen molar-refractivity contribution in [3.63, 3.8) is 0 Å². The maximum absolute atomic E-state index is 12.5. The number of likely N-dealkylation sites (tertiary alicyclic amines) is 1. The molecular weight excluding hydrogens is 340 g/mol. The number of hydrogen-bond acceptors (Lipinski definition) is 3. The third-order valence-electron chi connectivity index (χ3n) is 5.70. The fourth-order valence-electron chi connectivity index (χ4n) is 4.29. The molecular formula is C22H24N2O3. The second kappa shape index (κ2) is 7.43. The van der Waals surface area contributed by atoms with E-state index in [1.54, 1.807) is 4.90 Å². The molecule has 0 saturated carbocycles. The summed E-state index contributed by atoms with van der Waals surface area (Å²) in [7, 11) is 0. The van der Waals surface area contributed by atoms with Crippen LogP contribution in [-0.2, 0) is 9.53 Å². The molecule has 2 amide bonds. The summed E-state index contributed by atoms with van der Waals surface area (Å²) in [6.45, 7) is 1.58. The van der Waals surface area contributed by atoms with E-state index < -0.39 is 0 Å². The van der Waals surface area contributed by atoms with E-state index >= 15 is 0 Å². The summed E-state index contributed by atoms with van der Waals surface area (Å²) in [6, 6.07) is 16.6. The standard InChI is InChI=1S/C22H24N2O3/c23-21(25)13-15-9-11-24(12-10-15)22(26)27-14-20-18-7-3-1-5-16(18)17-6-2-4-8-19(17)20/h1-8,15,20H,9-14H2,(H2,23,25). The van der Waals surface area contributed by atoms with Crippen LogP contribution in [0.4, 0.5) is 4.79 Å². The van der Waals surface area contributed by atoms with Gasteiger partial charge in [-0.2, -0.15) is 0 Å². The highest BCUT2D eigenvalue weighted by Gasteiger charge is 2.30. The molecule has 5 nitrogen and oxygen atoms in total. The van der Waals surface area contributed by atoms with E-state index in [1.807, 2.05) is 24.3 Å². The van der Waals surface area contributed by atoms with E-state index in [9.17, 15) is 9.59 Å². The highest BCUT2D eigenvalue weighted by atomic mass is 16.6. The fraction of sp³-hybridized carbons (Fsp3) is 0.364. The molecule has 1 aliphatic carbocycles. The van der Waals surface area contributed by atoms with Crippen LogP contribution in [0.25, 0.3) is 11.1 Å². The Kier molecular flexibility index (Phi) is 4.84. The molecule has 140 valence electrons. The number of hydrogen-bond donors (Lipinski definition) is 1. The van der Waals surface area contributed by atoms with Crippen LogP contribution in [0.15, 0.2) is 48.5 Å². The molecule has 2 aliphatic rings. The number of nitrogens with zero attached hydrogens (tertiary/aromatic N) is 1. The summed E-state index contributed by atoms with van der Waals surface area (Å²) in [5, 5.41) is 0. The van der Waals surface area contributed by atoms with Gasteiger partial charge >= 0.3 is 6.09 Å². The molecule has 2 N–H and O–H groups in total. The Morgan fingerprint density at radius 3 is 2.07 bits per heavy atom. The largest absolute Gasteiger partial charge is 0.448 e. The molecule has 0 bridgehead atoms. The Morgan fingerprint density at radius 2 is 1.52 bits per heavy atom. The Morgan fingerprint density at radius 1 is 0.963 bits per heavy atom. The second-order valence-corrected chi connectivity index (χ2v) is 7.40. The number of ether oxygens (including phenoxy) is 1. The molecule has 2 aromatic carbocycles. The van der Waals surface area contributed by atoms with E-state index in [2.05, 4.69) is 24.3 Å². The van der Waals surface area contributed by atoms with Crippen LogP contribution in [-0.4, -0.2) is 36.6 Å². The lowest BCUT2D eigenvalue weighted by Crippen LogP contribution is -2.40. The average Bonchev–Trinajstić information content (AvgIpc) is 3.00. The van der Waals surface area contributed by atoms with Crippen molar-refractivity contribution in [3.05, 3.63) is 59.7 Å². The van der Waals surface area contributed by atoms with Gasteiger partial charge in [-0.25, -0.2) is 4.79 Å². The average molecular weight is 364 g/mol. The normalized spacial score (nSPS) is 16.7. The maximum Gasteiger partial charge on any atom is 0.409 e. The van der Waals surface area contributed by atoms with Gasteiger partial charge in [0, 0.05) is 25.4 Å². The molecule has 2 aromatic rings.